The van der Waals surface area contributed by atoms with Gasteiger partial charge in [-0.1, -0.05) is 0 Å². The van der Waals surface area contributed by atoms with Gasteiger partial charge in [-0.15, -0.1) is 17.5 Å². The summed E-state index contributed by atoms with van der Waals surface area (Å²) < 4.78 is 12.2. The van der Waals surface area contributed by atoms with E-state index in [2.05, 4.69) is 34.8 Å². The number of nitrogens with zero attached hydrogens (tertiary/aromatic N) is 9. The highest BCUT2D eigenvalue weighted by molar-refractivity contribution is 5.85. The Labute approximate surface area is 217 Å². The van der Waals surface area contributed by atoms with Crippen molar-refractivity contribution in [2.45, 2.75) is 12.8 Å². The Hall–Kier alpha value is -3.91. The van der Waals surface area contributed by atoms with Crippen molar-refractivity contribution in [1.29, 1.82) is 0 Å². The van der Waals surface area contributed by atoms with E-state index < -0.39 is 5.97 Å². The average molecular weight is 531 g/mol. The Kier molecular flexibility index (Phi) is 6.84. The largest absolute Gasteiger partial charge is 0.475 e. The van der Waals surface area contributed by atoms with Crippen molar-refractivity contribution in [3.05, 3.63) is 30.4 Å². The molecule has 2 fully saturated rings. The van der Waals surface area contributed by atoms with Crippen molar-refractivity contribution in [1.82, 2.24) is 34.4 Å². The van der Waals surface area contributed by atoms with Gasteiger partial charge in [0.05, 0.1) is 12.5 Å². The lowest BCUT2D eigenvalue weighted by Gasteiger charge is -2.39. The van der Waals surface area contributed by atoms with Gasteiger partial charge in [-0.25, -0.2) is 9.78 Å². The third-order valence-corrected chi connectivity index (χ3v) is 6.63. The minimum absolute atomic E-state index is 0. The first kappa shape index (κ1) is 24.8. The van der Waals surface area contributed by atoms with Crippen molar-refractivity contribution in [3.8, 4) is 11.6 Å². The number of nitrogens with two attached hydrogens (primary N) is 1. The van der Waals surface area contributed by atoms with Crippen LogP contribution in [0, 0.1) is 5.92 Å². The van der Waals surface area contributed by atoms with Crippen LogP contribution in [0.15, 0.2) is 33.4 Å². The van der Waals surface area contributed by atoms with E-state index in [-0.39, 0.29) is 24.1 Å². The Morgan fingerprint density at radius 1 is 1.14 bits per heavy atom. The maximum Gasteiger partial charge on any atom is 0.373 e. The van der Waals surface area contributed by atoms with Gasteiger partial charge < -0.3 is 29.5 Å². The summed E-state index contributed by atoms with van der Waals surface area (Å²) in [6, 6.07) is 3.93. The summed E-state index contributed by atoms with van der Waals surface area (Å²) in [4.78, 5) is 35.3. The van der Waals surface area contributed by atoms with E-state index in [1.54, 1.807) is 18.4 Å². The fourth-order valence-corrected chi connectivity index (χ4v) is 4.84. The van der Waals surface area contributed by atoms with Crippen LogP contribution >= 0.6 is 12.4 Å². The lowest BCUT2D eigenvalue weighted by Crippen LogP contribution is -2.50. The van der Waals surface area contributed by atoms with E-state index in [0.29, 0.717) is 35.2 Å². The molecule has 4 aromatic heterocycles. The topological polar surface area (TPSA) is 168 Å². The van der Waals surface area contributed by atoms with Gasteiger partial charge in [0.1, 0.15) is 0 Å². The number of fused-ring (bicyclic) bond motifs is 1. The number of furan rings is 1. The number of aromatic carboxylic acids is 1. The van der Waals surface area contributed by atoms with Crippen molar-refractivity contribution < 1.29 is 18.7 Å². The fourth-order valence-electron chi connectivity index (χ4n) is 4.84. The molecule has 0 radical (unpaired) electrons. The number of hydrogen-bond donors (Lipinski definition) is 2. The Morgan fingerprint density at radius 3 is 2.70 bits per heavy atom. The van der Waals surface area contributed by atoms with Gasteiger partial charge in [-0.05, 0) is 30.9 Å². The van der Waals surface area contributed by atoms with Gasteiger partial charge in [-0.3, -0.25) is 4.90 Å². The van der Waals surface area contributed by atoms with Crippen LogP contribution in [-0.2, 0) is 0 Å². The van der Waals surface area contributed by atoms with Gasteiger partial charge in [0.15, 0.2) is 5.76 Å². The molecule has 0 spiro atoms. The minimum Gasteiger partial charge on any atom is -0.475 e. The minimum atomic E-state index is -1.11. The maximum absolute atomic E-state index is 11.0. The Balaban J connectivity index is 0.00000280. The molecule has 2 aliphatic rings. The summed E-state index contributed by atoms with van der Waals surface area (Å²) in [6.07, 6.45) is 4.99. The SMILES string of the molecule is Cl.Nc1nc(N2CCCC(CN3CCN(c4ncc(C(=O)O)o4)CC3)C2)nc2nc(-c3ccco3)nn12. The van der Waals surface area contributed by atoms with Gasteiger partial charge >= 0.3 is 5.97 Å². The monoisotopic (exact) mass is 530 g/mol. The number of anilines is 3. The highest BCUT2D eigenvalue weighted by atomic mass is 35.5. The van der Waals surface area contributed by atoms with E-state index in [4.69, 9.17) is 19.7 Å². The molecule has 6 heterocycles. The Bertz CT molecular complexity index is 1370. The summed E-state index contributed by atoms with van der Waals surface area (Å²) in [5, 5.41) is 13.4. The molecule has 37 heavy (non-hydrogen) atoms. The van der Waals surface area contributed by atoms with E-state index >= 15 is 0 Å². The third kappa shape index (κ3) is 5.02. The molecule has 2 aliphatic heterocycles. The summed E-state index contributed by atoms with van der Waals surface area (Å²) >= 11 is 0. The lowest BCUT2D eigenvalue weighted by atomic mass is 9.97. The molecule has 0 aliphatic carbocycles. The van der Waals surface area contributed by atoms with Crippen LogP contribution in [0.25, 0.3) is 17.4 Å². The van der Waals surface area contributed by atoms with Crippen LogP contribution in [0.1, 0.15) is 23.4 Å². The standard InChI is InChI=1S/C22H26N10O4.ClH/c23-19-26-20(27-21-25-17(28-32(19)21)15-4-2-10-35-15)31-5-1-3-14(13-31)12-29-6-8-30(9-7-29)22-24-11-16(36-22)18(33)34;/h2,4,10-11,14H,1,3,5-9,12-13H2,(H,33,34)(H2,23,25,26,27,28);1H. The van der Waals surface area contributed by atoms with Gasteiger partial charge in [-0.2, -0.15) is 19.5 Å². The van der Waals surface area contributed by atoms with Crippen molar-refractivity contribution in [2.75, 3.05) is 61.3 Å². The second-order valence-corrected chi connectivity index (χ2v) is 9.06. The molecule has 14 nitrogen and oxygen atoms in total. The van der Waals surface area contributed by atoms with E-state index in [1.807, 2.05) is 4.90 Å². The summed E-state index contributed by atoms with van der Waals surface area (Å²) in [5.74, 6) is 1.35. The van der Waals surface area contributed by atoms with Crippen molar-refractivity contribution >= 4 is 42.1 Å². The normalized spacial score (nSPS) is 18.8. The number of piperidine rings is 1. The molecule has 196 valence electrons. The van der Waals surface area contributed by atoms with Crippen LogP contribution in [0.4, 0.5) is 17.9 Å². The van der Waals surface area contributed by atoms with Crippen molar-refractivity contribution in [3.63, 3.8) is 0 Å². The molecule has 3 N–H and O–H groups in total. The quantitative estimate of drug-likeness (QED) is 0.368. The van der Waals surface area contributed by atoms with Crippen LogP contribution < -0.4 is 15.5 Å². The number of hydrogen-bond acceptors (Lipinski definition) is 12. The highest BCUT2D eigenvalue weighted by Gasteiger charge is 2.28. The number of oxazole rings is 1. The highest BCUT2D eigenvalue weighted by Crippen LogP contribution is 2.24. The first-order valence-electron chi connectivity index (χ1n) is 11.9. The number of carboxylic acid groups (broad SMARTS) is 1. The zero-order valence-electron chi connectivity index (χ0n) is 19.9. The van der Waals surface area contributed by atoms with Crippen LogP contribution in [0.2, 0.25) is 0 Å². The average Bonchev–Trinajstić information content (AvgIpc) is 3.65. The number of piperazine rings is 1. The second kappa shape index (κ2) is 10.2. The van der Waals surface area contributed by atoms with Crippen molar-refractivity contribution in [2.24, 2.45) is 5.92 Å². The van der Waals surface area contributed by atoms with E-state index in [0.717, 1.165) is 58.7 Å². The van der Waals surface area contributed by atoms with E-state index in [9.17, 15) is 4.79 Å². The molecule has 1 atom stereocenters. The zero-order valence-corrected chi connectivity index (χ0v) is 20.7. The lowest BCUT2D eigenvalue weighted by molar-refractivity contribution is 0.0663. The molecule has 6 rings (SSSR count). The van der Waals surface area contributed by atoms with Gasteiger partial charge in [0.2, 0.25) is 23.5 Å². The molecule has 2 saturated heterocycles. The molecule has 0 saturated carbocycles. The van der Waals surface area contributed by atoms with Crippen LogP contribution in [0.5, 0.6) is 0 Å². The van der Waals surface area contributed by atoms with Crippen LogP contribution in [-0.4, -0.2) is 91.3 Å². The molecular weight excluding hydrogens is 504 g/mol. The summed E-state index contributed by atoms with van der Waals surface area (Å²) in [6.45, 7) is 5.82. The first-order valence-corrected chi connectivity index (χ1v) is 11.9. The predicted molar refractivity (Wildman–Crippen MR) is 135 cm³/mol. The molecule has 0 aromatic carbocycles. The van der Waals surface area contributed by atoms with Gasteiger partial charge in [0.25, 0.3) is 11.8 Å². The molecular formula is C22H27ClN10O4. The summed E-state index contributed by atoms with van der Waals surface area (Å²) in [7, 11) is 0. The number of carbonyl (C=O) groups is 1. The smallest absolute Gasteiger partial charge is 0.373 e. The Morgan fingerprint density at radius 2 is 1.97 bits per heavy atom. The number of halogens is 1. The third-order valence-electron chi connectivity index (χ3n) is 6.63. The number of nitrogen functional groups attached to an aromatic ring is 1. The predicted octanol–water partition coefficient (Wildman–Crippen LogP) is 1.51. The number of rotatable bonds is 6. The maximum atomic E-state index is 11.0. The molecule has 1 unspecified atom stereocenters. The number of carboxylic acids is 1. The molecule has 15 heteroatoms. The molecule has 0 bridgehead atoms. The number of aromatic nitrogens is 6. The summed E-state index contributed by atoms with van der Waals surface area (Å²) in [5.41, 5.74) is 6.19. The first-order chi connectivity index (χ1) is 17.5. The fraction of sp³-hybridized carbons (Fsp3) is 0.455. The van der Waals surface area contributed by atoms with Gasteiger partial charge in [0, 0.05) is 45.8 Å². The van der Waals surface area contributed by atoms with E-state index in [1.165, 1.54) is 10.7 Å². The second-order valence-electron chi connectivity index (χ2n) is 9.06. The van der Waals surface area contributed by atoms with Crippen LogP contribution in [0.3, 0.4) is 0 Å². The molecule has 4 aromatic rings. The molecule has 0 amide bonds. The zero-order chi connectivity index (χ0) is 24.6.